The Hall–Kier alpha value is -0.540. The Morgan fingerprint density at radius 1 is 1.50 bits per heavy atom. The first kappa shape index (κ1) is 11.5. The Labute approximate surface area is 93.0 Å². The van der Waals surface area contributed by atoms with E-state index in [-0.39, 0.29) is 6.10 Å². The predicted octanol–water partition coefficient (Wildman–Crippen LogP) is 2.99. The summed E-state index contributed by atoms with van der Waals surface area (Å²) in [7, 11) is 0. The molecular weight excluding hydrogens is 244 g/mol. The molecule has 1 atom stereocenters. The van der Waals surface area contributed by atoms with Crippen LogP contribution in [0.3, 0.4) is 0 Å². The van der Waals surface area contributed by atoms with Crippen LogP contribution in [0.15, 0.2) is 28.7 Å². The number of rotatable bonds is 5. The topological polar surface area (TPSA) is 29.5 Å². The van der Waals surface area contributed by atoms with Gasteiger partial charge in [0.2, 0.25) is 0 Å². The van der Waals surface area contributed by atoms with Crippen LogP contribution in [0.1, 0.15) is 19.8 Å². The van der Waals surface area contributed by atoms with Crippen molar-refractivity contribution in [2.75, 3.05) is 6.61 Å². The van der Waals surface area contributed by atoms with Gasteiger partial charge in [-0.1, -0.05) is 35.3 Å². The van der Waals surface area contributed by atoms with Crippen molar-refractivity contribution in [3.05, 3.63) is 28.7 Å². The molecule has 0 aliphatic rings. The molecule has 2 nitrogen and oxygen atoms in total. The molecule has 0 aliphatic carbocycles. The second-order valence-corrected chi connectivity index (χ2v) is 4.13. The molecule has 0 aromatic heterocycles. The average molecular weight is 259 g/mol. The Balaban J connectivity index is 2.37. The molecule has 0 saturated carbocycles. The molecule has 0 radical (unpaired) electrons. The predicted molar refractivity (Wildman–Crippen MR) is 60.6 cm³/mol. The highest BCUT2D eigenvalue weighted by Gasteiger charge is 2.03. The highest BCUT2D eigenvalue weighted by molar-refractivity contribution is 9.10. The van der Waals surface area contributed by atoms with Crippen LogP contribution in [0.25, 0.3) is 0 Å². The van der Waals surface area contributed by atoms with Crippen LogP contribution in [-0.2, 0) is 0 Å². The highest BCUT2D eigenvalue weighted by Crippen LogP contribution is 2.17. The molecule has 3 heteroatoms. The molecule has 0 fully saturated rings. The third kappa shape index (κ3) is 4.11. The van der Waals surface area contributed by atoms with Crippen molar-refractivity contribution in [3.8, 4) is 5.75 Å². The Bertz CT molecular complexity index is 276. The van der Waals surface area contributed by atoms with Gasteiger partial charge in [0.25, 0.3) is 0 Å². The summed E-state index contributed by atoms with van der Waals surface area (Å²) < 4.78 is 6.41. The molecular formula is C11H15BrO2. The zero-order valence-corrected chi connectivity index (χ0v) is 9.83. The van der Waals surface area contributed by atoms with E-state index in [2.05, 4.69) is 15.9 Å². The van der Waals surface area contributed by atoms with E-state index in [1.807, 2.05) is 31.2 Å². The Kier molecular flexibility index (Phi) is 4.98. The molecule has 0 spiro atoms. The summed E-state index contributed by atoms with van der Waals surface area (Å²) in [5.41, 5.74) is 0. The van der Waals surface area contributed by atoms with Crippen molar-refractivity contribution in [2.24, 2.45) is 0 Å². The van der Waals surface area contributed by atoms with Gasteiger partial charge in [-0.2, -0.15) is 0 Å². The lowest BCUT2D eigenvalue weighted by Crippen LogP contribution is -2.16. The summed E-state index contributed by atoms with van der Waals surface area (Å²) in [4.78, 5) is 0. The number of ether oxygens (including phenoxy) is 1. The number of benzene rings is 1. The number of aliphatic hydroxyl groups is 1. The van der Waals surface area contributed by atoms with Gasteiger partial charge in [0.05, 0.1) is 6.10 Å². The van der Waals surface area contributed by atoms with Gasteiger partial charge in [-0.15, -0.1) is 0 Å². The Morgan fingerprint density at radius 3 is 2.93 bits per heavy atom. The molecule has 78 valence electrons. The molecule has 1 aromatic rings. The molecule has 0 saturated heterocycles. The van der Waals surface area contributed by atoms with Gasteiger partial charge >= 0.3 is 0 Å². The quantitative estimate of drug-likeness (QED) is 0.880. The second-order valence-electron chi connectivity index (χ2n) is 3.21. The maximum atomic E-state index is 9.44. The highest BCUT2D eigenvalue weighted by atomic mass is 79.9. The van der Waals surface area contributed by atoms with Crippen molar-refractivity contribution < 1.29 is 9.84 Å². The normalized spacial score (nSPS) is 12.5. The molecule has 0 unspecified atom stereocenters. The molecule has 0 bridgehead atoms. The monoisotopic (exact) mass is 258 g/mol. The molecule has 1 aromatic carbocycles. The van der Waals surface area contributed by atoms with Crippen molar-refractivity contribution in [2.45, 2.75) is 25.9 Å². The van der Waals surface area contributed by atoms with E-state index >= 15 is 0 Å². The van der Waals surface area contributed by atoms with Crippen LogP contribution in [-0.4, -0.2) is 17.8 Å². The first-order valence-electron chi connectivity index (χ1n) is 4.78. The van der Waals surface area contributed by atoms with Crippen LogP contribution in [0.2, 0.25) is 0 Å². The van der Waals surface area contributed by atoms with Gasteiger partial charge in [0.15, 0.2) is 0 Å². The zero-order chi connectivity index (χ0) is 10.4. The van der Waals surface area contributed by atoms with E-state index in [0.29, 0.717) is 6.61 Å². The van der Waals surface area contributed by atoms with E-state index in [0.717, 1.165) is 23.1 Å². The fourth-order valence-electron chi connectivity index (χ4n) is 1.17. The van der Waals surface area contributed by atoms with E-state index in [1.54, 1.807) is 0 Å². The van der Waals surface area contributed by atoms with Gasteiger partial charge in [0, 0.05) is 4.47 Å². The minimum atomic E-state index is -0.362. The van der Waals surface area contributed by atoms with Crippen molar-refractivity contribution in [1.82, 2.24) is 0 Å². The Morgan fingerprint density at radius 2 is 2.29 bits per heavy atom. The van der Waals surface area contributed by atoms with Crippen LogP contribution in [0.4, 0.5) is 0 Å². The lowest BCUT2D eigenvalue weighted by atomic mass is 10.2. The molecule has 14 heavy (non-hydrogen) atoms. The fraction of sp³-hybridized carbons (Fsp3) is 0.455. The standard InChI is InChI=1S/C11H15BrO2/c1-2-4-10(13)8-14-11-6-3-5-9(12)7-11/h3,5-7,10,13H,2,4,8H2,1H3/t10-/m0/s1. The van der Waals surface area contributed by atoms with E-state index in [1.165, 1.54) is 0 Å². The molecule has 0 heterocycles. The lowest BCUT2D eigenvalue weighted by molar-refractivity contribution is 0.0993. The molecule has 0 amide bonds. The summed E-state index contributed by atoms with van der Waals surface area (Å²) in [6.45, 7) is 2.41. The minimum Gasteiger partial charge on any atom is -0.491 e. The smallest absolute Gasteiger partial charge is 0.120 e. The van der Waals surface area contributed by atoms with Crippen LogP contribution >= 0.6 is 15.9 Å². The second kappa shape index (κ2) is 6.04. The maximum absolute atomic E-state index is 9.44. The van der Waals surface area contributed by atoms with Gasteiger partial charge < -0.3 is 9.84 Å². The van der Waals surface area contributed by atoms with E-state index in [4.69, 9.17) is 4.74 Å². The first-order valence-corrected chi connectivity index (χ1v) is 5.58. The number of aliphatic hydroxyl groups excluding tert-OH is 1. The van der Waals surface area contributed by atoms with E-state index < -0.39 is 0 Å². The van der Waals surface area contributed by atoms with Crippen molar-refractivity contribution in [3.63, 3.8) is 0 Å². The van der Waals surface area contributed by atoms with Crippen molar-refractivity contribution >= 4 is 15.9 Å². The minimum absolute atomic E-state index is 0.362. The van der Waals surface area contributed by atoms with E-state index in [9.17, 15) is 5.11 Å². The summed E-state index contributed by atoms with van der Waals surface area (Å²) in [5, 5.41) is 9.44. The van der Waals surface area contributed by atoms with Gasteiger partial charge in [0.1, 0.15) is 12.4 Å². The SMILES string of the molecule is CCC[C@H](O)COc1cccc(Br)c1. The van der Waals surface area contributed by atoms with Gasteiger partial charge in [-0.25, -0.2) is 0 Å². The summed E-state index contributed by atoms with van der Waals surface area (Å²) >= 11 is 3.36. The third-order valence-electron chi connectivity index (χ3n) is 1.86. The average Bonchev–Trinajstić information content (AvgIpc) is 2.15. The fourth-order valence-corrected chi connectivity index (χ4v) is 1.54. The molecule has 0 aliphatic heterocycles. The first-order chi connectivity index (χ1) is 6.72. The number of hydrogen-bond acceptors (Lipinski definition) is 2. The number of hydrogen-bond donors (Lipinski definition) is 1. The largest absolute Gasteiger partial charge is 0.491 e. The third-order valence-corrected chi connectivity index (χ3v) is 2.35. The van der Waals surface area contributed by atoms with Crippen LogP contribution < -0.4 is 4.74 Å². The van der Waals surface area contributed by atoms with Crippen LogP contribution in [0.5, 0.6) is 5.75 Å². The summed E-state index contributed by atoms with van der Waals surface area (Å²) in [5.74, 6) is 0.787. The summed E-state index contributed by atoms with van der Waals surface area (Å²) in [6, 6.07) is 7.61. The lowest BCUT2D eigenvalue weighted by Gasteiger charge is -2.11. The zero-order valence-electron chi connectivity index (χ0n) is 8.24. The van der Waals surface area contributed by atoms with Gasteiger partial charge in [-0.05, 0) is 24.6 Å². The van der Waals surface area contributed by atoms with Crippen molar-refractivity contribution in [1.29, 1.82) is 0 Å². The number of halogens is 1. The van der Waals surface area contributed by atoms with Crippen LogP contribution in [0, 0.1) is 0 Å². The summed E-state index contributed by atoms with van der Waals surface area (Å²) in [6.07, 6.45) is 1.40. The maximum Gasteiger partial charge on any atom is 0.120 e. The molecule has 1 rings (SSSR count). The van der Waals surface area contributed by atoms with Gasteiger partial charge in [-0.3, -0.25) is 0 Å². The molecule has 1 N–H and O–H groups in total.